The Kier molecular flexibility index (Phi) is 4.43. The van der Waals surface area contributed by atoms with Crippen LogP contribution in [-0.4, -0.2) is 35.7 Å². The number of likely N-dealkylation sites (tertiary alicyclic amines) is 1. The van der Waals surface area contributed by atoms with Crippen molar-refractivity contribution in [2.45, 2.75) is 26.3 Å². The summed E-state index contributed by atoms with van der Waals surface area (Å²) in [5, 5.41) is 9.15. The number of carbonyl (C=O) groups is 1. The van der Waals surface area contributed by atoms with Gasteiger partial charge in [-0.2, -0.15) is 0 Å². The first-order chi connectivity index (χ1) is 9.15. The molecule has 1 aliphatic rings. The van der Waals surface area contributed by atoms with E-state index >= 15 is 0 Å². The lowest BCUT2D eigenvalue weighted by molar-refractivity contribution is -0.129. The average molecular weight is 263 g/mol. The molecule has 0 aromatic heterocycles. The first kappa shape index (κ1) is 13.9. The molecule has 19 heavy (non-hydrogen) atoms. The maximum absolute atomic E-state index is 11.9. The Morgan fingerprint density at radius 2 is 2.11 bits per heavy atom. The summed E-state index contributed by atoms with van der Waals surface area (Å²) in [6, 6.07) is 7.89. The van der Waals surface area contributed by atoms with E-state index in [9.17, 15) is 4.79 Å². The lowest BCUT2D eigenvalue weighted by Crippen LogP contribution is -2.28. The maximum Gasteiger partial charge on any atom is 0.223 e. The molecule has 1 saturated heterocycles. The molecule has 1 N–H and O–H groups in total. The highest BCUT2D eigenvalue weighted by Gasteiger charge is 2.32. The number of aliphatic hydroxyl groups is 1. The monoisotopic (exact) mass is 263 g/mol. The Morgan fingerprint density at radius 1 is 1.42 bits per heavy atom. The van der Waals surface area contributed by atoms with Crippen LogP contribution in [0.25, 0.3) is 0 Å². The highest BCUT2D eigenvalue weighted by Crippen LogP contribution is 2.29. The van der Waals surface area contributed by atoms with Crippen molar-refractivity contribution >= 4 is 5.91 Å². The minimum atomic E-state index is 0.0414. The highest BCUT2D eigenvalue weighted by molar-refractivity contribution is 5.79. The molecule has 0 bridgehead atoms. The van der Waals surface area contributed by atoms with E-state index < -0.39 is 0 Å². The standard InChI is InChI=1S/C15H21NO3/c1-3-19-14-6-4-13(5-7-14)11(2)16-9-12(10-17)8-15(16)18/h4-7,11-12,17H,3,8-10H2,1-2H3. The van der Waals surface area contributed by atoms with E-state index in [0.717, 1.165) is 11.3 Å². The molecule has 4 heteroatoms. The molecule has 1 amide bonds. The van der Waals surface area contributed by atoms with Crippen molar-refractivity contribution in [3.8, 4) is 5.75 Å². The summed E-state index contributed by atoms with van der Waals surface area (Å²) in [5.74, 6) is 1.05. The summed E-state index contributed by atoms with van der Waals surface area (Å²) in [4.78, 5) is 13.8. The Bertz CT molecular complexity index is 430. The molecule has 1 aliphatic heterocycles. The van der Waals surface area contributed by atoms with Crippen LogP contribution in [0.15, 0.2) is 24.3 Å². The third kappa shape index (κ3) is 3.07. The van der Waals surface area contributed by atoms with Gasteiger partial charge < -0.3 is 14.7 Å². The van der Waals surface area contributed by atoms with Crippen molar-refractivity contribution in [1.82, 2.24) is 4.90 Å². The summed E-state index contributed by atoms with van der Waals surface area (Å²) in [6.07, 6.45) is 0.456. The number of hydrogen-bond acceptors (Lipinski definition) is 3. The van der Waals surface area contributed by atoms with Crippen LogP contribution >= 0.6 is 0 Å². The van der Waals surface area contributed by atoms with Gasteiger partial charge in [0, 0.05) is 25.5 Å². The minimum absolute atomic E-state index is 0.0414. The summed E-state index contributed by atoms with van der Waals surface area (Å²) in [7, 11) is 0. The third-order valence-electron chi connectivity index (χ3n) is 3.64. The smallest absolute Gasteiger partial charge is 0.223 e. The molecule has 0 saturated carbocycles. The minimum Gasteiger partial charge on any atom is -0.494 e. The van der Waals surface area contributed by atoms with Gasteiger partial charge in [0.15, 0.2) is 0 Å². The van der Waals surface area contributed by atoms with E-state index in [4.69, 9.17) is 9.84 Å². The third-order valence-corrected chi connectivity index (χ3v) is 3.64. The molecule has 4 nitrogen and oxygen atoms in total. The van der Waals surface area contributed by atoms with E-state index in [1.807, 2.05) is 43.0 Å². The fraction of sp³-hybridized carbons (Fsp3) is 0.533. The normalized spacial score (nSPS) is 20.7. The van der Waals surface area contributed by atoms with Crippen molar-refractivity contribution in [1.29, 1.82) is 0 Å². The maximum atomic E-state index is 11.9. The van der Waals surface area contributed by atoms with Crippen LogP contribution < -0.4 is 4.74 Å². The molecule has 104 valence electrons. The zero-order valence-corrected chi connectivity index (χ0v) is 11.5. The number of ether oxygens (including phenoxy) is 1. The lowest BCUT2D eigenvalue weighted by Gasteiger charge is -2.25. The second-order valence-corrected chi connectivity index (χ2v) is 4.98. The van der Waals surface area contributed by atoms with Crippen LogP contribution in [0.1, 0.15) is 31.9 Å². The van der Waals surface area contributed by atoms with Gasteiger partial charge >= 0.3 is 0 Å². The summed E-state index contributed by atoms with van der Waals surface area (Å²) in [5.41, 5.74) is 1.09. The van der Waals surface area contributed by atoms with Gasteiger partial charge in [0.25, 0.3) is 0 Å². The zero-order valence-electron chi connectivity index (χ0n) is 11.5. The van der Waals surface area contributed by atoms with Crippen LogP contribution in [0.3, 0.4) is 0 Å². The highest BCUT2D eigenvalue weighted by atomic mass is 16.5. The number of nitrogens with zero attached hydrogens (tertiary/aromatic N) is 1. The first-order valence-corrected chi connectivity index (χ1v) is 6.78. The van der Waals surface area contributed by atoms with Crippen molar-refractivity contribution in [2.75, 3.05) is 19.8 Å². The van der Waals surface area contributed by atoms with Crippen molar-refractivity contribution < 1.29 is 14.6 Å². The fourth-order valence-corrected chi connectivity index (χ4v) is 2.49. The summed E-state index contributed by atoms with van der Waals surface area (Å²) < 4.78 is 5.41. The molecule has 1 aromatic carbocycles. The molecule has 1 heterocycles. The summed E-state index contributed by atoms with van der Waals surface area (Å²) >= 11 is 0. The number of hydrogen-bond donors (Lipinski definition) is 1. The van der Waals surface area contributed by atoms with Crippen LogP contribution in [0.2, 0.25) is 0 Å². The number of benzene rings is 1. The molecule has 0 spiro atoms. The van der Waals surface area contributed by atoms with E-state index in [2.05, 4.69) is 0 Å². The topological polar surface area (TPSA) is 49.8 Å². The van der Waals surface area contributed by atoms with E-state index in [0.29, 0.717) is 19.6 Å². The molecule has 1 aromatic rings. The average Bonchev–Trinajstić information content (AvgIpc) is 2.80. The largest absolute Gasteiger partial charge is 0.494 e. The number of amides is 1. The lowest BCUT2D eigenvalue weighted by atomic mass is 10.1. The van der Waals surface area contributed by atoms with Crippen LogP contribution in [0, 0.1) is 5.92 Å². The van der Waals surface area contributed by atoms with Crippen molar-refractivity contribution in [3.63, 3.8) is 0 Å². The number of rotatable bonds is 5. The second kappa shape index (κ2) is 6.06. The second-order valence-electron chi connectivity index (χ2n) is 4.98. The fourth-order valence-electron chi connectivity index (χ4n) is 2.49. The SMILES string of the molecule is CCOc1ccc(C(C)N2CC(CO)CC2=O)cc1. The van der Waals surface area contributed by atoms with Crippen molar-refractivity contribution in [2.24, 2.45) is 5.92 Å². The van der Waals surface area contributed by atoms with Gasteiger partial charge in [0.2, 0.25) is 5.91 Å². The molecule has 2 rings (SSSR count). The van der Waals surface area contributed by atoms with Gasteiger partial charge in [0.05, 0.1) is 12.6 Å². The van der Waals surface area contributed by atoms with Gasteiger partial charge in [0.1, 0.15) is 5.75 Å². The van der Waals surface area contributed by atoms with Gasteiger partial charge in [-0.05, 0) is 31.5 Å². The van der Waals surface area contributed by atoms with Crippen LogP contribution in [-0.2, 0) is 4.79 Å². The Hall–Kier alpha value is -1.55. The van der Waals surface area contributed by atoms with Gasteiger partial charge in [-0.25, -0.2) is 0 Å². The quantitative estimate of drug-likeness (QED) is 0.883. The van der Waals surface area contributed by atoms with Crippen LogP contribution in [0.4, 0.5) is 0 Å². The Balaban J connectivity index is 2.06. The Morgan fingerprint density at radius 3 is 2.63 bits per heavy atom. The molecule has 1 fully saturated rings. The van der Waals surface area contributed by atoms with E-state index in [1.54, 1.807) is 0 Å². The van der Waals surface area contributed by atoms with Gasteiger partial charge in [-0.15, -0.1) is 0 Å². The molecular weight excluding hydrogens is 242 g/mol. The molecule has 2 unspecified atom stereocenters. The molecular formula is C15H21NO3. The van der Waals surface area contributed by atoms with Gasteiger partial charge in [-0.1, -0.05) is 12.1 Å². The molecule has 0 aliphatic carbocycles. The predicted molar refractivity (Wildman–Crippen MR) is 72.9 cm³/mol. The first-order valence-electron chi connectivity index (χ1n) is 6.78. The predicted octanol–water partition coefficient (Wildman–Crippen LogP) is 1.99. The summed E-state index contributed by atoms with van der Waals surface area (Å²) in [6.45, 7) is 5.35. The van der Waals surface area contributed by atoms with E-state index in [-0.39, 0.29) is 24.5 Å². The molecule has 0 radical (unpaired) electrons. The number of aliphatic hydroxyl groups excluding tert-OH is 1. The Labute approximate surface area is 114 Å². The van der Waals surface area contributed by atoms with Crippen LogP contribution in [0.5, 0.6) is 5.75 Å². The van der Waals surface area contributed by atoms with E-state index in [1.165, 1.54) is 0 Å². The van der Waals surface area contributed by atoms with Gasteiger partial charge in [-0.3, -0.25) is 4.79 Å². The zero-order chi connectivity index (χ0) is 13.8. The van der Waals surface area contributed by atoms with Crippen molar-refractivity contribution in [3.05, 3.63) is 29.8 Å². The number of carbonyl (C=O) groups excluding carboxylic acids is 1. The molecule has 2 atom stereocenters.